The minimum atomic E-state index is 0.322. The molecule has 1 rings (SSSR count). The average molecular weight is 170 g/mol. The van der Waals surface area contributed by atoms with Crippen molar-refractivity contribution in [2.45, 2.75) is 33.2 Å². The predicted molar refractivity (Wildman–Crippen MR) is 53.0 cm³/mol. The Bertz CT molecular complexity index is 121. The Labute approximate surface area is 76.1 Å². The third-order valence-electron chi connectivity index (χ3n) is 2.49. The van der Waals surface area contributed by atoms with Gasteiger partial charge in [-0.05, 0) is 25.2 Å². The van der Waals surface area contributed by atoms with Crippen molar-refractivity contribution in [1.82, 2.24) is 4.90 Å². The zero-order valence-electron chi connectivity index (χ0n) is 8.59. The van der Waals surface area contributed by atoms with Crippen LogP contribution >= 0.6 is 0 Å². The second-order valence-corrected chi connectivity index (χ2v) is 4.64. The van der Waals surface area contributed by atoms with E-state index >= 15 is 0 Å². The van der Waals surface area contributed by atoms with Crippen LogP contribution in [0, 0.1) is 11.8 Å². The molecule has 0 amide bonds. The van der Waals surface area contributed by atoms with E-state index in [1.165, 1.54) is 19.5 Å². The molecule has 1 aliphatic heterocycles. The Morgan fingerprint density at radius 1 is 1.33 bits per heavy atom. The summed E-state index contributed by atoms with van der Waals surface area (Å²) in [6.07, 6.45) is 1.38. The third-order valence-corrected chi connectivity index (χ3v) is 2.49. The average Bonchev–Trinajstić information content (AvgIpc) is 1.81. The van der Waals surface area contributed by atoms with E-state index in [9.17, 15) is 0 Å². The molecule has 0 spiro atoms. The van der Waals surface area contributed by atoms with Gasteiger partial charge in [0.15, 0.2) is 0 Å². The number of nitrogens with two attached hydrogens (primary N) is 1. The van der Waals surface area contributed by atoms with Gasteiger partial charge in [0.2, 0.25) is 0 Å². The summed E-state index contributed by atoms with van der Waals surface area (Å²) in [6, 6.07) is 0.322. The fourth-order valence-corrected chi connectivity index (χ4v) is 2.35. The Kier molecular flexibility index (Phi) is 3.53. The van der Waals surface area contributed by atoms with Crippen molar-refractivity contribution in [2.75, 3.05) is 19.6 Å². The van der Waals surface area contributed by atoms with Crippen molar-refractivity contribution in [2.24, 2.45) is 17.6 Å². The van der Waals surface area contributed by atoms with Crippen molar-refractivity contribution in [3.05, 3.63) is 0 Å². The molecule has 3 atom stereocenters. The summed E-state index contributed by atoms with van der Waals surface area (Å²) in [5, 5.41) is 0. The van der Waals surface area contributed by atoms with Crippen LogP contribution in [0.3, 0.4) is 0 Å². The smallest absolute Gasteiger partial charge is 0.0139 e. The Morgan fingerprint density at radius 2 is 1.83 bits per heavy atom. The largest absolute Gasteiger partial charge is 0.327 e. The standard InChI is InChI=1S/C10H22N2/c1-8-4-9(2)6-12(5-8)7-10(3)11/h8-10H,4-7,11H2,1-3H3/t8-,9-,10+/m0/s1. The quantitative estimate of drug-likeness (QED) is 0.677. The molecular formula is C10H22N2. The minimum Gasteiger partial charge on any atom is -0.327 e. The van der Waals surface area contributed by atoms with E-state index in [1.54, 1.807) is 0 Å². The van der Waals surface area contributed by atoms with Crippen LogP contribution < -0.4 is 5.73 Å². The van der Waals surface area contributed by atoms with Gasteiger partial charge in [0.1, 0.15) is 0 Å². The van der Waals surface area contributed by atoms with Gasteiger partial charge in [0.05, 0.1) is 0 Å². The maximum atomic E-state index is 5.77. The third kappa shape index (κ3) is 3.11. The van der Waals surface area contributed by atoms with Crippen LogP contribution in [0.4, 0.5) is 0 Å². The first-order chi connectivity index (χ1) is 5.58. The Hall–Kier alpha value is -0.0800. The lowest BCUT2D eigenvalue weighted by molar-refractivity contribution is 0.136. The highest BCUT2D eigenvalue weighted by Crippen LogP contribution is 2.20. The molecule has 12 heavy (non-hydrogen) atoms. The first-order valence-electron chi connectivity index (χ1n) is 5.06. The molecule has 0 aromatic heterocycles. The van der Waals surface area contributed by atoms with E-state index in [0.717, 1.165) is 18.4 Å². The molecule has 1 heterocycles. The normalized spacial score (nSPS) is 35.0. The van der Waals surface area contributed by atoms with Crippen molar-refractivity contribution < 1.29 is 0 Å². The van der Waals surface area contributed by atoms with E-state index in [2.05, 4.69) is 25.7 Å². The van der Waals surface area contributed by atoms with Crippen molar-refractivity contribution in [3.63, 3.8) is 0 Å². The molecule has 72 valence electrons. The van der Waals surface area contributed by atoms with Gasteiger partial charge >= 0.3 is 0 Å². The van der Waals surface area contributed by atoms with Crippen LogP contribution in [0.25, 0.3) is 0 Å². The summed E-state index contributed by atoms with van der Waals surface area (Å²) >= 11 is 0. The molecule has 0 unspecified atom stereocenters. The number of nitrogens with zero attached hydrogens (tertiary/aromatic N) is 1. The Morgan fingerprint density at radius 3 is 2.25 bits per heavy atom. The summed E-state index contributed by atoms with van der Waals surface area (Å²) in [7, 11) is 0. The Balaban J connectivity index is 2.34. The maximum absolute atomic E-state index is 5.77. The molecule has 2 N–H and O–H groups in total. The van der Waals surface area contributed by atoms with Crippen LogP contribution in [-0.2, 0) is 0 Å². The van der Waals surface area contributed by atoms with Crippen molar-refractivity contribution in [1.29, 1.82) is 0 Å². The number of hydrogen-bond donors (Lipinski definition) is 1. The minimum absolute atomic E-state index is 0.322. The molecule has 2 nitrogen and oxygen atoms in total. The highest BCUT2D eigenvalue weighted by Gasteiger charge is 2.21. The van der Waals surface area contributed by atoms with Gasteiger partial charge in [-0.15, -0.1) is 0 Å². The molecule has 1 fully saturated rings. The summed E-state index contributed by atoms with van der Waals surface area (Å²) in [6.45, 7) is 10.3. The predicted octanol–water partition coefficient (Wildman–Crippen LogP) is 1.31. The summed E-state index contributed by atoms with van der Waals surface area (Å²) in [5.74, 6) is 1.71. The second-order valence-electron chi connectivity index (χ2n) is 4.64. The van der Waals surface area contributed by atoms with Crippen LogP contribution in [0.2, 0.25) is 0 Å². The van der Waals surface area contributed by atoms with Gasteiger partial charge in [0.25, 0.3) is 0 Å². The van der Waals surface area contributed by atoms with Gasteiger partial charge < -0.3 is 10.6 Å². The zero-order valence-corrected chi connectivity index (χ0v) is 8.59. The first-order valence-corrected chi connectivity index (χ1v) is 5.06. The molecule has 0 radical (unpaired) electrons. The molecule has 0 bridgehead atoms. The zero-order chi connectivity index (χ0) is 9.14. The lowest BCUT2D eigenvalue weighted by Crippen LogP contribution is -2.44. The molecular weight excluding hydrogens is 148 g/mol. The van der Waals surface area contributed by atoms with Crippen LogP contribution in [0.1, 0.15) is 27.2 Å². The van der Waals surface area contributed by atoms with E-state index in [1.807, 2.05) is 0 Å². The first kappa shape index (κ1) is 10.0. The van der Waals surface area contributed by atoms with E-state index in [4.69, 9.17) is 5.73 Å². The molecule has 1 saturated heterocycles. The molecule has 1 aliphatic rings. The summed E-state index contributed by atoms with van der Waals surface area (Å²) in [5.41, 5.74) is 5.77. The molecule has 0 aromatic rings. The van der Waals surface area contributed by atoms with Crippen molar-refractivity contribution >= 4 is 0 Å². The lowest BCUT2D eigenvalue weighted by atomic mass is 9.92. The highest BCUT2D eigenvalue weighted by molar-refractivity contribution is 4.76. The fraction of sp³-hybridized carbons (Fsp3) is 1.00. The summed E-state index contributed by atoms with van der Waals surface area (Å²) < 4.78 is 0. The monoisotopic (exact) mass is 170 g/mol. The molecule has 0 aliphatic carbocycles. The second kappa shape index (κ2) is 4.24. The fourth-order valence-electron chi connectivity index (χ4n) is 2.35. The van der Waals surface area contributed by atoms with Gasteiger partial charge in [-0.3, -0.25) is 0 Å². The van der Waals surface area contributed by atoms with Gasteiger partial charge in [-0.2, -0.15) is 0 Å². The number of hydrogen-bond acceptors (Lipinski definition) is 2. The SMILES string of the molecule is C[C@H]1C[C@H](C)CN(C[C@@H](C)N)C1. The van der Waals surface area contributed by atoms with Crippen LogP contribution in [-0.4, -0.2) is 30.6 Å². The summed E-state index contributed by atoms with van der Waals surface area (Å²) in [4.78, 5) is 2.50. The molecule has 0 saturated carbocycles. The van der Waals surface area contributed by atoms with Gasteiger partial charge in [-0.25, -0.2) is 0 Å². The van der Waals surface area contributed by atoms with E-state index in [0.29, 0.717) is 6.04 Å². The highest BCUT2D eigenvalue weighted by atomic mass is 15.1. The van der Waals surface area contributed by atoms with Crippen LogP contribution in [0.15, 0.2) is 0 Å². The lowest BCUT2D eigenvalue weighted by Gasteiger charge is -2.35. The number of likely N-dealkylation sites (tertiary alicyclic amines) is 1. The van der Waals surface area contributed by atoms with Gasteiger partial charge in [-0.1, -0.05) is 13.8 Å². The topological polar surface area (TPSA) is 29.3 Å². The molecule has 0 aromatic carbocycles. The number of piperidine rings is 1. The van der Waals surface area contributed by atoms with Crippen LogP contribution in [0.5, 0.6) is 0 Å². The van der Waals surface area contributed by atoms with Crippen molar-refractivity contribution in [3.8, 4) is 0 Å². The van der Waals surface area contributed by atoms with E-state index < -0.39 is 0 Å². The van der Waals surface area contributed by atoms with E-state index in [-0.39, 0.29) is 0 Å². The van der Waals surface area contributed by atoms with Gasteiger partial charge in [0, 0.05) is 25.7 Å². The molecule has 2 heteroatoms. The maximum Gasteiger partial charge on any atom is 0.0139 e. The number of rotatable bonds is 2.